The van der Waals surface area contributed by atoms with E-state index in [-0.39, 0.29) is 23.8 Å². The van der Waals surface area contributed by atoms with E-state index in [9.17, 15) is 9.18 Å². The van der Waals surface area contributed by atoms with Crippen LogP contribution in [0.5, 0.6) is 0 Å². The first-order chi connectivity index (χ1) is 7.66. The Morgan fingerprint density at radius 2 is 2.25 bits per heavy atom. The van der Waals surface area contributed by atoms with Crippen LogP contribution >= 0.6 is 0 Å². The second kappa shape index (κ2) is 4.22. The molecule has 1 aliphatic carbocycles. The van der Waals surface area contributed by atoms with Gasteiger partial charge in [0.15, 0.2) is 0 Å². The van der Waals surface area contributed by atoms with Crippen molar-refractivity contribution in [1.82, 2.24) is 10.6 Å². The van der Waals surface area contributed by atoms with Gasteiger partial charge in [0.1, 0.15) is 5.82 Å². The fourth-order valence-corrected chi connectivity index (χ4v) is 1.87. The highest BCUT2D eigenvalue weighted by Crippen LogP contribution is 2.45. The Labute approximate surface area is 94.0 Å². The summed E-state index contributed by atoms with van der Waals surface area (Å²) < 4.78 is 13.1. The van der Waals surface area contributed by atoms with Crippen LogP contribution in [0.2, 0.25) is 0 Å². The number of halogens is 1. The molecule has 0 spiro atoms. The van der Waals surface area contributed by atoms with Crippen LogP contribution in [-0.2, 0) is 10.3 Å². The van der Waals surface area contributed by atoms with Crippen molar-refractivity contribution in [3.8, 4) is 0 Å². The third-order valence-electron chi connectivity index (χ3n) is 2.84. The van der Waals surface area contributed by atoms with E-state index < -0.39 is 0 Å². The molecular weight excluding hydrogens is 207 g/mol. The van der Waals surface area contributed by atoms with Crippen LogP contribution in [0.15, 0.2) is 24.3 Å². The maximum absolute atomic E-state index is 13.1. The monoisotopic (exact) mass is 222 g/mol. The average molecular weight is 222 g/mol. The Bertz CT molecular complexity index is 402. The van der Waals surface area contributed by atoms with Crippen LogP contribution in [0, 0.1) is 5.82 Å². The zero-order valence-corrected chi connectivity index (χ0v) is 9.22. The van der Waals surface area contributed by atoms with Crippen LogP contribution in [0.25, 0.3) is 0 Å². The maximum Gasteiger partial charge on any atom is 0.234 e. The van der Waals surface area contributed by atoms with Crippen LogP contribution < -0.4 is 10.6 Å². The molecule has 1 aromatic carbocycles. The van der Waals surface area contributed by atoms with E-state index in [2.05, 4.69) is 10.6 Å². The van der Waals surface area contributed by atoms with Crippen LogP contribution in [0.3, 0.4) is 0 Å². The van der Waals surface area contributed by atoms with Crippen molar-refractivity contribution in [3.05, 3.63) is 35.6 Å². The second-order valence-electron chi connectivity index (χ2n) is 4.17. The summed E-state index contributed by atoms with van der Waals surface area (Å²) in [6.45, 7) is 0.289. The van der Waals surface area contributed by atoms with E-state index in [1.165, 1.54) is 12.1 Å². The molecule has 1 aromatic rings. The molecule has 86 valence electrons. The maximum atomic E-state index is 13.1. The van der Waals surface area contributed by atoms with Crippen LogP contribution in [0.1, 0.15) is 18.4 Å². The van der Waals surface area contributed by atoms with Gasteiger partial charge in [0.25, 0.3) is 0 Å². The summed E-state index contributed by atoms with van der Waals surface area (Å²) in [4.78, 5) is 11.5. The number of carbonyl (C=O) groups is 1. The van der Waals surface area contributed by atoms with Crippen molar-refractivity contribution in [1.29, 1.82) is 0 Å². The minimum Gasteiger partial charge on any atom is -0.345 e. The second-order valence-corrected chi connectivity index (χ2v) is 4.17. The van der Waals surface area contributed by atoms with Crippen molar-refractivity contribution in [2.24, 2.45) is 0 Å². The summed E-state index contributed by atoms with van der Waals surface area (Å²) in [6, 6.07) is 6.44. The largest absolute Gasteiger partial charge is 0.345 e. The Hall–Kier alpha value is -1.42. The van der Waals surface area contributed by atoms with Gasteiger partial charge < -0.3 is 10.6 Å². The molecular formula is C12H15FN2O. The average Bonchev–Trinajstić information content (AvgIpc) is 2.99. The highest BCUT2D eigenvalue weighted by atomic mass is 19.1. The zero-order valence-electron chi connectivity index (χ0n) is 9.22. The van der Waals surface area contributed by atoms with Gasteiger partial charge >= 0.3 is 0 Å². The minimum atomic E-state index is -0.323. The quantitative estimate of drug-likeness (QED) is 0.802. The normalized spacial score (nSPS) is 16.9. The van der Waals surface area contributed by atoms with E-state index in [0.717, 1.165) is 18.4 Å². The van der Waals surface area contributed by atoms with Gasteiger partial charge in [-0.05, 0) is 37.6 Å². The highest BCUT2D eigenvalue weighted by Gasteiger charge is 2.45. The fourth-order valence-electron chi connectivity index (χ4n) is 1.87. The van der Waals surface area contributed by atoms with Crippen molar-refractivity contribution in [3.63, 3.8) is 0 Å². The zero-order chi connectivity index (χ0) is 11.6. The summed E-state index contributed by atoms with van der Waals surface area (Å²) in [7, 11) is 1.72. The van der Waals surface area contributed by atoms with Gasteiger partial charge in [-0.3, -0.25) is 4.79 Å². The number of likely N-dealkylation sites (N-methyl/N-ethyl adjacent to an activating group) is 1. The molecule has 0 saturated heterocycles. The summed E-state index contributed by atoms with van der Waals surface area (Å²) >= 11 is 0. The number of amides is 1. The summed E-state index contributed by atoms with van der Waals surface area (Å²) in [6.07, 6.45) is 1.76. The predicted octanol–water partition coefficient (Wildman–Crippen LogP) is 1.15. The Kier molecular flexibility index (Phi) is 2.92. The smallest absolute Gasteiger partial charge is 0.234 e. The Morgan fingerprint density at radius 1 is 1.50 bits per heavy atom. The molecule has 1 fully saturated rings. The SMILES string of the molecule is CNCC(=O)NC1(c2cccc(F)c2)CC1. The van der Waals surface area contributed by atoms with E-state index >= 15 is 0 Å². The molecule has 0 unspecified atom stereocenters. The first-order valence-corrected chi connectivity index (χ1v) is 5.38. The van der Waals surface area contributed by atoms with Gasteiger partial charge in [-0.2, -0.15) is 0 Å². The molecule has 0 atom stereocenters. The van der Waals surface area contributed by atoms with E-state index in [1.54, 1.807) is 13.1 Å². The van der Waals surface area contributed by atoms with Crippen molar-refractivity contribution in [2.45, 2.75) is 18.4 Å². The summed E-state index contributed by atoms with van der Waals surface area (Å²) in [5.74, 6) is -0.309. The topological polar surface area (TPSA) is 41.1 Å². The number of nitrogens with one attached hydrogen (secondary N) is 2. The molecule has 3 nitrogen and oxygen atoms in total. The molecule has 1 amide bonds. The number of hydrogen-bond acceptors (Lipinski definition) is 2. The molecule has 0 aliphatic heterocycles. The molecule has 1 saturated carbocycles. The van der Waals surface area contributed by atoms with Crippen LogP contribution in [0.4, 0.5) is 4.39 Å². The number of benzene rings is 1. The van der Waals surface area contributed by atoms with Crippen molar-refractivity contribution < 1.29 is 9.18 Å². The van der Waals surface area contributed by atoms with Gasteiger partial charge in [-0.25, -0.2) is 4.39 Å². The lowest BCUT2D eigenvalue weighted by molar-refractivity contribution is -0.121. The number of carbonyl (C=O) groups excluding carboxylic acids is 1. The lowest BCUT2D eigenvalue weighted by Gasteiger charge is -2.17. The van der Waals surface area contributed by atoms with Gasteiger partial charge in [0.2, 0.25) is 5.91 Å². The fraction of sp³-hybridized carbons (Fsp3) is 0.417. The van der Waals surface area contributed by atoms with Crippen molar-refractivity contribution in [2.75, 3.05) is 13.6 Å². The van der Waals surface area contributed by atoms with Crippen LogP contribution in [-0.4, -0.2) is 19.5 Å². The number of hydrogen-bond donors (Lipinski definition) is 2. The first kappa shape index (κ1) is 11.1. The van der Waals surface area contributed by atoms with E-state index in [0.29, 0.717) is 0 Å². The predicted molar refractivity (Wildman–Crippen MR) is 59.4 cm³/mol. The minimum absolute atomic E-state index is 0.0516. The molecule has 1 aliphatic rings. The third kappa shape index (κ3) is 2.22. The van der Waals surface area contributed by atoms with E-state index in [1.807, 2.05) is 6.07 Å². The lowest BCUT2D eigenvalue weighted by Crippen LogP contribution is -2.39. The molecule has 0 radical (unpaired) electrons. The van der Waals surface area contributed by atoms with Gasteiger partial charge in [-0.15, -0.1) is 0 Å². The van der Waals surface area contributed by atoms with Gasteiger partial charge in [0.05, 0.1) is 12.1 Å². The Morgan fingerprint density at radius 3 is 2.81 bits per heavy atom. The Balaban J connectivity index is 2.11. The highest BCUT2D eigenvalue weighted by molar-refractivity contribution is 5.79. The molecule has 4 heteroatoms. The molecule has 16 heavy (non-hydrogen) atoms. The lowest BCUT2D eigenvalue weighted by atomic mass is 10.0. The summed E-state index contributed by atoms with van der Waals surface area (Å²) in [5, 5.41) is 5.74. The van der Waals surface area contributed by atoms with Gasteiger partial charge in [-0.1, -0.05) is 12.1 Å². The molecule has 0 bridgehead atoms. The molecule has 2 N–H and O–H groups in total. The molecule has 0 heterocycles. The third-order valence-corrected chi connectivity index (χ3v) is 2.84. The molecule has 0 aromatic heterocycles. The van der Waals surface area contributed by atoms with E-state index in [4.69, 9.17) is 0 Å². The summed E-state index contributed by atoms with van der Waals surface area (Å²) in [5.41, 5.74) is 0.535. The molecule has 2 rings (SSSR count). The first-order valence-electron chi connectivity index (χ1n) is 5.38. The standard InChI is InChI=1S/C12H15FN2O/c1-14-8-11(16)15-12(5-6-12)9-3-2-4-10(13)7-9/h2-4,7,14H,5-6,8H2,1H3,(H,15,16). The number of rotatable bonds is 4. The van der Waals surface area contributed by atoms with Gasteiger partial charge in [0, 0.05) is 0 Å². The van der Waals surface area contributed by atoms with Crippen molar-refractivity contribution >= 4 is 5.91 Å².